The molecule has 4 aromatic carbocycles. The molecule has 1 aliphatic carbocycles. The number of benzene rings is 5. The topological polar surface area (TPSA) is 110 Å². The maximum atomic E-state index is 13.9. The number of nitrogens with zero attached hydrogens (tertiary/aromatic N) is 1. The normalized spacial score (nSPS) is 12.4. The lowest BCUT2D eigenvalue weighted by Crippen LogP contribution is -2.31. The van der Waals surface area contributed by atoms with Crippen molar-refractivity contribution in [3.05, 3.63) is 125 Å². The van der Waals surface area contributed by atoms with Crippen LogP contribution in [0.2, 0.25) is 0 Å². The van der Waals surface area contributed by atoms with Gasteiger partial charge in [-0.1, -0.05) is 60.5 Å². The number of hydrogen-bond acceptors (Lipinski definition) is 7. The molecule has 0 unspecified atom stereocenters. The fourth-order valence-electron chi connectivity index (χ4n) is 6.14. The second-order valence-corrected chi connectivity index (χ2v) is 15.7. The first-order valence-corrected chi connectivity index (χ1v) is 19.0. The Bertz CT molecular complexity index is 2450. The number of rotatable bonds is 11. The third-order valence-electron chi connectivity index (χ3n) is 9.48. The van der Waals surface area contributed by atoms with Gasteiger partial charge in [0, 0.05) is 52.1 Å². The second kappa shape index (κ2) is 14.8. The van der Waals surface area contributed by atoms with Crippen molar-refractivity contribution in [1.82, 2.24) is 4.72 Å². The molecule has 0 saturated heterocycles. The Balaban J connectivity index is 1.47. The zero-order chi connectivity index (χ0) is 37.2. The van der Waals surface area contributed by atoms with Gasteiger partial charge in [0.2, 0.25) is 10.0 Å². The molecule has 9 heteroatoms. The minimum absolute atomic E-state index is 0.0649. The molecule has 1 aliphatic heterocycles. The van der Waals surface area contributed by atoms with E-state index in [0.717, 1.165) is 44.7 Å². The van der Waals surface area contributed by atoms with Gasteiger partial charge in [-0.2, -0.15) is 0 Å². The van der Waals surface area contributed by atoms with Gasteiger partial charge in [0.15, 0.2) is 0 Å². The molecular formula is C43H45N3O5S. The Morgan fingerprint density at radius 2 is 1.56 bits per heavy atom. The Hall–Kier alpha value is -5.25. The van der Waals surface area contributed by atoms with Gasteiger partial charge in [-0.25, -0.2) is 18.1 Å². The van der Waals surface area contributed by atoms with Crippen LogP contribution in [0, 0.1) is 33.1 Å². The number of carbonyl (C=O) groups is 1. The predicted octanol–water partition coefficient (Wildman–Crippen LogP) is 9.67. The van der Waals surface area contributed by atoms with Crippen molar-refractivity contribution in [1.29, 1.82) is 0 Å². The summed E-state index contributed by atoms with van der Waals surface area (Å²) in [7, 11) is -4.03. The van der Waals surface area contributed by atoms with Crippen LogP contribution in [0.5, 0.6) is 0 Å². The van der Waals surface area contributed by atoms with Crippen LogP contribution in [-0.4, -0.2) is 27.5 Å². The molecule has 0 spiro atoms. The standard InChI is InChI=1S/C43H45N3O5S/c1-8-43(6,7)42(47)50-22-21-44-52(48,49)40-12-10-9-11-35(40)41-33-17-15-31(45-36-19-13-27(2)23-29(36)4)25-38(33)51-39-26-32(16-18-34(39)41)46-37-20-14-28(3)24-30(37)5/h9-20,23-26,44-45H,8,21-22H2,1-7H3/b46-32+. The number of ether oxygens (including phenoxy) is 1. The first-order chi connectivity index (χ1) is 24.8. The molecular weight excluding hydrogens is 671 g/mol. The van der Waals surface area contributed by atoms with Crippen LogP contribution < -0.4 is 15.4 Å². The van der Waals surface area contributed by atoms with E-state index in [4.69, 9.17) is 14.1 Å². The molecule has 2 N–H and O–H groups in total. The van der Waals surface area contributed by atoms with Crippen molar-refractivity contribution < 1.29 is 22.4 Å². The van der Waals surface area contributed by atoms with Gasteiger partial charge in [0.25, 0.3) is 0 Å². The largest absolute Gasteiger partial charge is 0.464 e. The average molecular weight is 716 g/mol. The van der Waals surface area contributed by atoms with Crippen molar-refractivity contribution in [2.24, 2.45) is 10.4 Å². The fourth-order valence-corrected chi connectivity index (χ4v) is 7.37. The number of esters is 1. The lowest BCUT2D eigenvalue weighted by Gasteiger charge is -2.20. The van der Waals surface area contributed by atoms with E-state index in [0.29, 0.717) is 34.2 Å². The molecule has 0 atom stereocenters. The zero-order valence-corrected chi connectivity index (χ0v) is 31.6. The molecule has 268 valence electrons. The molecule has 0 saturated carbocycles. The Kier molecular flexibility index (Phi) is 10.4. The second-order valence-electron chi connectivity index (χ2n) is 14.0. The van der Waals surface area contributed by atoms with Gasteiger partial charge >= 0.3 is 5.97 Å². The third kappa shape index (κ3) is 7.81. The molecule has 4 aromatic rings. The summed E-state index contributed by atoms with van der Waals surface area (Å²) in [5.41, 5.74) is 9.08. The lowest BCUT2D eigenvalue weighted by molar-refractivity contribution is -0.153. The highest BCUT2D eigenvalue weighted by Gasteiger charge is 2.28. The fraction of sp³-hybridized carbons (Fsp3) is 0.256. The molecule has 0 aromatic heterocycles. The van der Waals surface area contributed by atoms with E-state index in [2.05, 4.69) is 55.1 Å². The first-order valence-electron chi connectivity index (χ1n) is 17.5. The number of nitrogens with one attached hydrogen (secondary N) is 2. The molecule has 1 heterocycles. The van der Waals surface area contributed by atoms with E-state index in [9.17, 15) is 13.2 Å². The van der Waals surface area contributed by atoms with E-state index in [1.807, 2.05) is 74.5 Å². The monoisotopic (exact) mass is 715 g/mol. The zero-order valence-electron chi connectivity index (χ0n) is 30.8. The summed E-state index contributed by atoms with van der Waals surface area (Å²) in [6.07, 6.45) is 0.612. The van der Waals surface area contributed by atoms with Gasteiger partial charge in [0.05, 0.1) is 21.4 Å². The number of hydrogen-bond donors (Lipinski definition) is 2. The van der Waals surface area contributed by atoms with E-state index in [-0.39, 0.29) is 24.0 Å². The molecule has 0 bridgehead atoms. The predicted molar refractivity (Wildman–Crippen MR) is 209 cm³/mol. The van der Waals surface area contributed by atoms with Crippen molar-refractivity contribution in [3.8, 4) is 22.5 Å². The van der Waals surface area contributed by atoms with Crippen LogP contribution in [-0.2, 0) is 19.6 Å². The number of fused-ring (bicyclic) bond motifs is 2. The van der Waals surface area contributed by atoms with Crippen LogP contribution in [0.25, 0.3) is 33.4 Å². The van der Waals surface area contributed by atoms with Gasteiger partial charge in [0.1, 0.15) is 18.0 Å². The van der Waals surface area contributed by atoms with Crippen LogP contribution in [0.3, 0.4) is 0 Å². The van der Waals surface area contributed by atoms with Crippen LogP contribution >= 0.6 is 0 Å². The van der Waals surface area contributed by atoms with E-state index in [1.54, 1.807) is 26.0 Å². The highest BCUT2D eigenvalue weighted by Crippen LogP contribution is 2.43. The summed E-state index contributed by atoms with van der Waals surface area (Å²) in [6, 6.07) is 30.9. The third-order valence-corrected chi connectivity index (χ3v) is 11.0. The molecule has 0 amide bonds. The number of carbonyl (C=O) groups excluding carboxylic acids is 1. The summed E-state index contributed by atoms with van der Waals surface area (Å²) in [6.45, 7) is 13.6. The summed E-state index contributed by atoms with van der Waals surface area (Å²) in [4.78, 5) is 17.5. The summed E-state index contributed by atoms with van der Waals surface area (Å²) in [5.74, 6) is 0.193. The number of aryl methyl sites for hydroxylation is 4. The molecule has 52 heavy (non-hydrogen) atoms. The first kappa shape index (κ1) is 36.5. The maximum absolute atomic E-state index is 13.9. The van der Waals surface area contributed by atoms with E-state index in [1.165, 1.54) is 5.56 Å². The molecule has 6 rings (SSSR count). The van der Waals surface area contributed by atoms with Gasteiger partial charge in [-0.05, 0) is 102 Å². The van der Waals surface area contributed by atoms with Crippen molar-refractivity contribution >= 4 is 44.0 Å². The molecule has 0 radical (unpaired) electrons. The van der Waals surface area contributed by atoms with Crippen LogP contribution in [0.4, 0.5) is 17.1 Å². The lowest BCUT2D eigenvalue weighted by atomic mass is 9.91. The molecule has 0 fully saturated rings. The number of anilines is 2. The van der Waals surface area contributed by atoms with Crippen LogP contribution in [0.1, 0.15) is 49.4 Å². The smallest absolute Gasteiger partial charge is 0.311 e. The number of sulfonamides is 1. The molecule has 8 nitrogen and oxygen atoms in total. The van der Waals surface area contributed by atoms with Gasteiger partial charge in [-0.3, -0.25) is 4.79 Å². The SMILES string of the molecule is CCC(C)(C)C(=O)OCCNS(=O)(=O)c1ccccc1-c1c2cc/c(=N\c3ccc(C)cc3C)cc-2oc2cc(Nc3ccc(C)cc3C)ccc12. The van der Waals surface area contributed by atoms with Crippen molar-refractivity contribution in [2.75, 3.05) is 18.5 Å². The Morgan fingerprint density at radius 1 is 0.827 bits per heavy atom. The molecule has 2 aliphatic rings. The average Bonchev–Trinajstić information content (AvgIpc) is 3.11. The highest BCUT2D eigenvalue weighted by molar-refractivity contribution is 7.89. The van der Waals surface area contributed by atoms with Gasteiger partial charge in [-0.15, -0.1) is 0 Å². The minimum Gasteiger partial charge on any atom is -0.464 e. The van der Waals surface area contributed by atoms with Crippen molar-refractivity contribution in [2.45, 2.75) is 59.8 Å². The van der Waals surface area contributed by atoms with Crippen LogP contribution in [0.15, 0.2) is 111 Å². The summed E-state index contributed by atoms with van der Waals surface area (Å²) in [5, 5.41) is 4.97. The van der Waals surface area contributed by atoms with Crippen molar-refractivity contribution in [3.63, 3.8) is 0 Å². The highest BCUT2D eigenvalue weighted by atomic mass is 32.2. The Labute approximate surface area is 306 Å². The maximum Gasteiger partial charge on any atom is 0.311 e. The minimum atomic E-state index is -4.03. The van der Waals surface area contributed by atoms with E-state index >= 15 is 0 Å². The quantitative estimate of drug-likeness (QED) is 0.0786. The van der Waals surface area contributed by atoms with E-state index < -0.39 is 15.4 Å². The summed E-state index contributed by atoms with van der Waals surface area (Å²) >= 11 is 0. The Morgan fingerprint density at radius 3 is 2.29 bits per heavy atom. The summed E-state index contributed by atoms with van der Waals surface area (Å²) < 4.78 is 42.5. The van der Waals surface area contributed by atoms with Gasteiger partial charge < -0.3 is 14.5 Å².